The lowest BCUT2D eigenvalue weighted by molar-refractivity contribution is 0.0199. The smallest absolute Gasteiger partial charge is 0.410 e. The van der Waals surface area contributed by atoms with Gasteiger partial charge in [0.05, 0.1) is 5.54 Å². The van der Waals surface area contributed by atoms with Gasteiger partial charge in [0, 0.05) is 26.2 Å². The minimum atomic E-state index is -0.611. The Balaban J connectivity index is 1.46. The summed E-state index contributed by atoms with van der Waals surface area (Å²) in [6, 6.07) is 41.5. The number of hydrogen-bond acceptors (Lipinski definition) is 5. The Kier molecular flexibility index (Phi) is 13.6. The monoisotopic (exact) mass is 677 g/mol. The maximum atomic E-state index is 13.4. The molecule has 0 spiro atoms. The average Bonchev–Trinajstić information content (AvgIpc) is 3.09. The van der Waals surface area contributed by atoms with Gasteiger partial charge in [0.25, 0.3) is 0 Å². The van der Waals surface area contributed by atoms with Gasteiger partial charge in [-0.2, -0.15) is 0 Å². The number of carbonyl (C=O) groups excluding carboxylic acids is 2. The van der Waals surface area contributed by atoms with Gasteiger partial charge >= 0.3 is 12.2 Å². The van der Waals surface area contributed by atoms with E-state index in [1.54, 1.807) is 9.80 Å². The first-order valence-electron chi connectivity index (χ1n) is 17.8. The normalized spacial score (nSPS) is 11.9. The van der Waals surface area contributed by atoms with Crippen molar-refractivity contribution in [2.24, 2.45) is 0 Å². The van der Waals surface area contributed by atoms with E-state index in [0.717, 1.165) is 22.3 Å². The highest BCUT2D eigenvalue weighted by molar-refractivity contribution is 5.68. The first-order valence-corrected chi connectivity index (χ1v) is 17.8. The van der Waals surface area contributed by atoms with Gasteiger partial charge in [0.1, 0.15) is 11.2 Å². The van der Waals surface area contributed by atoms with Crippen molar-refractivity contribution in [1.29, 1.82) is 0 Å². The van der Waals surface area contributed by atoms with E-state index in [1.165, 1.54) is 0 Å². The molecule has 4 aromatic carbocycles. The molecule has 0 unspecified atom stereocenters. The summed E-state index contributed by atoms with van der Waals surface area (Å²) in [6.07, 6.45) is 1.47. The molecule has 4 rings (SSSR count). The minimum absolute atomic E-state index is 0.328. The zero-order valence-corrected chi connectivity index (χ0v) is 30.7. The fourth-order valence-corrected chi connectivity index (χ4v) is 6.01. The number of benzene rings is 4. The molecule has 0 radical (unpaired) electrons. The molecule has 0 heterocycles. The predicted octanol–water partition coefficient (Wildman–Crippen LogP) is 9.41. The number of nitrogens with zero attached hydrogens (tertiary/aromatic N) is 2. The second-order valence-corrected chi connectivity index (χ2v) is 14.7. The van der Waals surface area contributed by atoms with E-state index in [1.807, 2.05) is 90.1 Å². The standard InChI is InChI=1S/C43H55N3O4/c1-41(2,3)49-39(47)45(31-19-20-32-46(40(48)50-42(4,5)6)34-35-22-11-7-12-23-35)33-21-30-44-43(36-24-13-8-14-25-36,37-26-15-9-16-27-37)38-28-17-10-18-29-38/h7-18,22-29,44H,19-21,30-34H2,1-6H3. The molecule has 2 amide bonds. The minimum Gasteiger partial charge on any atom is -0.444 e. The summed E-state index contributed by atoms with van der Waals surface area (Å²) < 4.78 is 11.6. The van der Waals surface area contributed by atoms with Crippen molar-refractivity contribution < 1.29 is 19.1 Å². The Bertz CT molecular complexity index is 1490. The Morgan fingerprint density at radius 2 is 0.880 bits per heavy atom. The molecule has 0 aliphatic carbocycles. The molecule has 0 bridgehead atoms. The number of nitrogens with one attached hydrogen (secondary N) is 1. The highest BCUT2D eigenvalue weighted by Crippen LogP contribution is 2.36. The van der Waals surface area contributed by atoms with Crippen molar-refractivity contribution in [3.8, 4) is 0 Å². The summed E-state index contributed by atoms with van der Waals surface area (Å²) in [6.45, 7) is 14.0. The molecule has 7 nitrogen and oxygen atoms in total. The summed E-state index contributed by atoms with van der Waals surface area (Å²) >= 11 is 0. The predicted molar refractivity (Wildman–Crippen MR) is 202 cm³/mol. The van der Waals surface area contributed by atoms with Crippen LogP contribution in [0.2, 0.25) is 0 Å². The van der Waals surface area contributed by atoms with Crippen LogP contribution in [-0.4, -0.2) is 59.4 Å². The van der Waals surface area contributed by atoms with Gasteiger partial charge in [-0.15, -0.1) is 0 Å². The van der Waals surface area contributed by atoms with Crippen molar-refractivity contribution in [3.63, 3.8) is 0 Å². The highest BCUT2D eigenvalue weighted by atomic mass is 16.6. The summed E-state index contributed by atoms with van der Waals surface area (Å²) in [5.41, 5.74) is 2.69. The lowest BCUT2D eigenvalue weighted by Crippen LogP contribution is -2.46. The summed E-state index contributed by atoms with van der Waals surface area (Å²) in [7, 11) is 0. The van der Waals surface area contributed by atoms with E-state index in [4.69, 9.17) is 9.47 Å². The Hall–Kier alpha value is -4.62. The molecule has 0 saturated heterocycles. The molecule has 0 aliphatic heterocycles. The van der Waals surface area contributed by atoms with Gasteiger partial charge in [-0.25, -0.2) is 9.59 Å². The van der Waals surface area contributed by atoms with Crippen LogP contribution < -0.4 is 5.32 Å². The third-order valence-corrected chi connectivity index (χ3v) is 8.24. The van der Waals surface area contributed by atoms with Crippen LogP contribution >= 0.6 is 0 Å². The third-order valence-electron chi connectivity index (χ3n) is 8.24. The molecule has 4 aromatic rings. The quantitative estimate of drug-likeness (QED) is 0.100. The molecule has 266 valence electrons. The number of rotatable bonds is 15. The maximum absolute atomic E-state index is 13.4. The molecule has 0 aromatic heterocycles. The van der Waals surface area contributed by atoms with Crippen LogP contribution in [0.3, 0.4) is 0 Å². The van der Waals surface area contributed by atoms with Crippen molar-refractivity contribution in [3.05, 3.63) is 144 Å². The molecule has 0 atom stereocenters. The van der Waals surface area contributed by atoms with Crippen LogP contribution in [0.15, 0.2) is 121 Å². The molecule has 7 heteroatoms. The van der Waals surface area contributed by atoms with Gasteiger partial charge in [0.2, 0.25) is 0 Å². The van der Waals surface area contributed by atoms with Crippen LogP contribution in [0.5, 0.6) is 0 Å². The molecular weight excluding hydrogens is 622 g/mol. The molecule has 0 aliphatic rings. The van der Waals surface area contributed by atoms with Gasteiger partial charge in [-0.3, -0.25) is 5.32 Å². The van der Waals surface area contributed by atoms with Gasteiger partial charge < -0.3 is 19.3 Å². The van der Waals surface area contributed by atoms with E-state index in [9.17, 15) is 9.59 Å². The molecule has 1 N–H and O–H groups in total. The van der Waals surface area contributed by atoms with E-state index >= 15 is 0 Å². The maximum Gasteiger partial charge on any atom is 0.410 e. The van der Waals surface area contributed by atoms with E-state index in [2.05, 4.69) is 78.1 Å². The van der Waals surface area contributed by atoms with Crippen molar-refractivity contribution in [1.82, 2.24) is 15.1 Å². The number of amides is 2. The van der Waals surface area contributed by atoms with Gasteiger partial charge in [-0.1, -0.05) is 121 Å². The summed E-state index contributed by atoms with van der Waals surface area (Å²) in [5, 5.41) is 3.92. The van der Waals surface area contributed by atoms with Crippen molar-refractivity contribution in [2.45, 2.75) is 84.1 Å². The van der Waals surface area contributed by atoms with Crippen molar-refractivity contribution >= 4 is 12.2 Å². The lowest BCUT2D eigenvalue weighted by Gasteiger charge is -2.37. The van der Waals surface area contributed by atoms with Crippen LogP contribution in [0.25, 0.3) is 0 Å². The fraction of sp³-hybridized carbons (Fsp3) is 0.395. The van der Waals surface area contributed by atoms with Gasteiger partial charge in [0.15, 0.2) is 0 Å². The highest BCUT2D eigenvalue weighted by Gasteiger charge is 2.35. The Morgan fingerprint density at radius 3 is 1.30 bits per heavy atom. The summed E-state index contributed by atoms with van der Waals surface area (Å²) in [4.78, 5) is 30.1. The molecular formula is C43H55N3O4. The second-order valence-electron chi connectivity index (χ2n) is 14.7. The SMILES string of the molecule is CC(C)(C)OC(=O)N(CCCCN(Cc1ccccc1)C(=O)OC(C)(C)C)CCCNC(c1ccccc1)(c1ccccc1)c1ccccc1. The average molecular weight is 678 g/mol. The van der Waals surface area contributed by atoms with Crippen LogP contribution in [0.1, 0.15) is 83.1 Å². The van der Waals surface area contributed by atoms with E-state index in [-0.39, 0.29) is 12.2 Å². The Morgan fingerprint density at radius 1 is 0.520 bits per heavy atom. The van der Waals surface area contributed by atoms with Crippen LogP contribution in [-0.2, 0) is 21.6 Å². The summed E-state index contributed by atoms with van der Waals surface area (Å²) in [5.74, 6) is 0. The first kappa shape index (κ1) is 38.2. The second kappa shape index (κ2) is 17.9. The lowest BCUT2D eigenvalue weighted by atomic mass is 9.77. The zero-order chi connectivity index (χ0) is 36.0. The van der Waals surface area contributed by atoms with E-state index in [0.29, 0.717) is 52.0 Å². The molecule has 50 heavy (non-hydrogen) atoms. The third kappa shape index (κ3) is 11.5. The molecule has 0 fully saturated rings. The Labute approximate surface area is 299 Å². The first-order chi connectivity index (χ1) is 23.9. The van der Waals surface area contributed by atoms with Crippen molar-refractivity contribution in [2.75, 3.05) is 26.2 Å². The van der Waals surface area contributed by atoms with Crippen LogP contribution in [0.4, 0.5) is 9.59 Å². The van der Waals surface area contributed by atoms with Gasteiger partial charge in [-0.05, 0) is 89.6 Å². The topological polar surface area (TPSA) is 71.1 Å². The number of carbonyl (C=O) groups is 2. The fourth-order valence-electron chi connectivity index (χ4n) is 6.01. The number of unbranched alkanes of at least 4 members (excludes halogenated alkanes) is 1. The zero-order valence-electron chi connectivity index (χ0n) is 30.7. The number of hydrogen-bond donors (Lipinski definition) is 1. The molecule has 0 saturated carbocycles. The number of ether oxygens (including phenoxy) is 2. The largest absolute Gasteiger partial charge is 0.444 e. The van der Waals surface area contributed by atoms with Crippen LogP contribution in [0, 0.1) is 0 Å². The van der Waals surface area contributed by atoms with E-state index < -0.39 is 16.7 Å².